The van der Waals surface area contributed by atoms with Crippen LogP contribution in [0.2, 0.25) is 0 Å². The Morgan fingerprint density at radius 1 is 1.03 bits per heavy atom. The lowest BCUT2D eigenvalue weighted by Crippen LogP contribution is -2.48. The molecule has 0 spiro atoms. The van der Waals surface area contributed by atoms with Gasteiger partial charge in [-0.3, -0.25) is 9.79 Å². The van der Waals surface area contributed by atoms with E-state index in [1.54, 1.807) is 7.05 Å². The Hall–Kier alpha value is -2.13. The maximum atomic E-state index is 12.9. The summed E-state index contributed by atoms with van der Waals surface area (Å²) in [6.07, 6.45) is 3.83. The summed E-state index contributed by atoms with van der Waals surface area (Å²) in [6.45, 7) is 6.83. The van der Waals surface area contributed by atoms with Gasteiger partial charge >= 0.3 is 0 Å². The van der Waals surface area contributed by atoms with E-state index in [1.165, 1.54) is 24.8 Å². The number of hydrogen-bond acceptors (Lipinski definition) is 3. The number of aliphatic imine (C=N–C) groups is 1. The molecule has 0 aromatic heterocycles. The van der Waals surface area contributed by atoms with Crippen molar-refractivity contribution < 1.29 is 9.53 Å². The first-order valence-electron chi connectivity index (χ1n) is 12.0. The van der Waals surface area contributed by atoms with Crippen molar-refractivity contribution in [3.8, 4) is 0 Å². The molecule has 2 aliphatic rings. The van der Waals surface area contributed by atoms with Crippen LogP contribution in [0.15, 0.2) is 59.6 Å². The first-order chi connectivity index (χ1) is 16.0. The number of nitrogens with one attached hydrogen (secondary N) is 2. The largest absolute Gasteiger partial charge is 0.372 e. The minimum Gasteiger partial charge on any atom is -0.372 e. The smallest absolute Gasteiger partial charge is 0.254 e. The third kappa shape index (κ3) is 6.30. The van der Waals surface area contributed by atoms with Crippen LogP contribution in [-0.4, -0.2) is 55.7 Å². The Labute approximate surface area is 220 Å². The Kier molecular flexibility index (Phi) is 9.36. The van der Waals surface area contributed by atoms with E-state index in [2.05, 4.69) is 46.0 Å². The molecule has 1 saturated heterocycles. The first-order valence-corrected chi connectivity index (χ1v) is 12.0. The van der Waals surface area contributed by atoms with E-state index in [4.69, 9.17) is 4.74 Å². The third-order valence-corrected chi connectivity index (χ3v) is 6.88. The van der Waals surface area contributed by atoms with Crippen LogP contribution in [0.1, 0.15) is 54.6 Å². The summed E-state index contributed by atoms with van der Waals surface area (Å²) in [7, 11) is 1.80. The van der Waals surface area contributed by atoms with E-state index in [0.717, 1.165) is 23.6 Å². The van der Waals surface area contributed by atoms with Crippen molar-refractivity contribution in [2.24, 2.45) is 4.99 Å². The molecule has 2 fully saturated rings. The molecular formula is C27H37IN4O2. The van der Waals surface area contributed by atoms with Gasteiger partial charge in [0.15, 0.2) is 5.96 Å². The fourth-order valence-corrected chi connectivity index (χ4v) is 4.91. The van der Waals surface area contributed by atoms with Crippen molar-refractivity contribution in [3.63, 3.8) is 0 Å². The van der Waals surface area contributed by atoms with E-state index >= 15 is 0 Å². The zero-order valence-electron chi connectivity index (χ0n) is 20.4. The molecule has 2 aromatic carbocycles. The SMILES string of the molecule is CN=C(NCc1ccc(C(=O)N2CC(C)OC(C)C2)cc1)NCC1(c2ccccc2)CCC1.I. The molecule has 2 unspecified atom stereocenters. The van der Waals surface area contributed by atoms with Gasteiger partial charge in [-0.05, 0) is 49.9 Å². The number of ether oxygens (including phenoxy) is 1. The highest BCUT2D eigenvalue weighted by atomic mass is 127. The van der Waals surface area contributed by atoms with Crippen molar-refractivity contribution in [3.05, 3.63) is 71.3 Å². The van der Waals surface area contributed by atoms with E-state index in [1.807, 2.05) is 43.0 Å². The molecule has 6 nitrogen and oxygen atoms in total. The van der Waals surface area contributed by atoms with E-state index in [0.29, 0.717) is 19.6 Å². The lowest BCUT2D eigenvalue weighted by Gasteiger charge is -2.43. The highest BCUT2D eigenvalue weighted by Gasteiger charge is 2.38. The zero-order valence-corrected chi connectivity index (χ0v) is 22.8. The standard InChI is InChI=1S/C27H36N4O2.HI/c1-20-17-31(18-21(2)33-20)25(32)23-12-10-22(11-13-23)16-29-26(28-3)30-19-27(14-7-15-27)24-8-5-4-6-9-24;/h4-6,8-13,20-21H,7,14-19H2,1-3H3,(H2,28,29,30);1H. The van der Waals surface area contributed by atoms with Crippen LogP contribution in [0.4, 0.5) is 0 Å². The molecule has 7 heteroatoms. The number of carbonyl (C=O) groups is 1. The molecule has 1 aliphatic heterocycles. The van der Waals surface area contributed by atoms with Gasteiger partial charge in [0.1, 0.15) is 0 Å². The molecule has 184 valence electrons. The number of morpholine rings is 1. The van der Waals surface area contributed by atoms with Crippen molar-refractivity contribution in [1.29, 1.82) is 0 Å². The lowest BCUT2D eigenvalue weighted by atomic mass is 9.64. The Morgan fingerprint density at radius 2 is 1.68 bits per heavy atom. The third-order valence-electron chi connectivity index (χ3n) is 6.88. The number of halogens is 1. The summed E-state index contributed by atoms with van der Waals surface area (Å²) in [5.41, 5.74) is 3.44. The molecule has 0 bridgehead atoms. The summed E-state index contributed by atoms with van der Waals surface area (Å²) in [5, 5.41) is 6.94. The molecular weight excluding hydrogens is 539 g/mol. The number of amides is 1. The fraction of sp³-hybridized carbons (Fsp3) is 0.481. The average Bonchev–Trinajstić information content (AvgIpc) is 2.80. The van der Waals surface area contributed by atoms with Gasteiger partial charge in [0.05, 0.1) is 12.2 Å². The normalized spacial score (nSPS) is 21.7. The Balaban J connectivity index is 0.00000324. The number of guanidine groups is 1. The summed E-state index contributed by atoms with van der Waals surface area (Å²) >= 11 is 0. The second kappa shape index (κ2) is 12.0. The van der Waals surface area contributed by atoms with Gasteiger partial charge < -0.3 is 20.3 Å². The minimum absolute atomic E-state index is 0. The van der Waals surface area contributed by atoms with E-state index in [-0.39, 0.29) is 47.5 Å². The van der Waals surface area contributed by atoms with Gasteiger partial charge in [-0.1, -0.05) is 48.9 Å². The summed E-state index contributed by atoms with van der Waals surface area (Å²) in [6, 6.07) is 18.6. The zero-order chi connectivity index (χ0) is 23.3. The average molecular weight is 577 g/mol. The predicted octanol–water partition coefficient (Wildman–Crippen LogP) is 4.34. The first kappa shape index (κ1) is 26.5. The molecule has 2 atom stereocenters. The summed E-state index contributed by atoms with van der Waals surface area (Å²) < 4.78 is 5.74. The second-order valence-electron chi connectivity index (χ2n) is 9.44. The molecule has 1 aliphatic carbocycles. The number of hydrogen-bond donors (Lipinski definition) is 2. The number of nitrogens with zero attached hydrogens (tertiary/aromatic N) is 2. The van der Waals surface area contributed by atoms with E-state index < -0.39 is 0 Å². The lowest BCUT2D eigenvalue weighted by molar-refractivity contribution is -0.0586. The molecule has 2 N–H and O–H groups in total. The van der Waals surface area contributed by atoms with Gasteiger partial charge in [0, 0.05) is 44.2 Å². The molecule has 1 saturated carbocycles. The van der Waals surface area contributed by atoms with Crippen LogP contribution < -0.4 is 10.6 Å². The molecule has 4 rings (SSSR count). The number of benzene rings is 2. The van der Waals surface area contributed by atoms with Crippen molar-refractivity contribution in [2.45, 2.75) is 57.3 Å². The summed E-state index contributed by atoms with van der Waals surface area (Å²) in [5.74, 6) is 0.870. The maximum Gasteiger partial charge on any atom is 0.254 e. The molecule has 0 radical (unpaired) electrons. The van der Waals surface area contributed by atoms with Crippen molar-refractivity contribution >= 4 is 35.8 Å². The van der Waals surface area contributed by atoms with Crippen molar-refractivity contribution in [1.82, 2.24) is 15.5 Å². The molecule has 2 aromatic rings. The fourth-order valence-electron chi connectivity index (χ4n) is 4.91. The number of carbonyl (C=O) groups excluding carboxylic acids is 1. The predicted molar refractivity (Wildman–Crippen MR) is 148 cm³/mol. The van der Waals surface area contributed by atoms with Crippen LogP contribution in [0.5, 0.6) is 0 Å². The minimum atomic E-state index is 0. The van der Waals surface area contributed by atoms with Gasteiger partial charge in [-0.15, -0.1) is 24.0 Å². The topological polar surface area (TPSA) is 66.0 Å². The maximum absolute atomic E-state index is 12.9. The van der Waals surface area contributed by atoms with Gasteiger partial charge in [-0.2, -0.15) is 0 Å². The van der Waals surface area contributed by atoms with Crippen LogP contribution in [0, 0.1) is 0 Å². The van der Waals surface area contributed by atoms with Gasteiger partial charge in [-0.25, -0.2) is 0 Å². The molecule has 1 amide bonds. The van der Waals surface area contributed by atoms with Gasteiger partial charge in [0.25, 0.3) is 5.91 Å². The van der Waals surface area contributed by atoms with Crippen LogP contribution in [0.25, 0.3) is 0 Å². The number of rotatable bonds is 6. The quantitative estimate of drug-likeness (QED) is 0.305. The van der Waals surface area contributed by atoms with Crippen molar-refractivity contribution in [2.75, 3.05) is 26.7 Å². The van der Waals surface area contributed by atoms with E-state index in [9.17, 15) is 4.79 Å². The Morgan fingerprint density at radius 3 is 2.24 bits per heavy atom. The molecule has 34 heavy (non-hydrogen) atoms. The monoisotopic (exact) mass is 576 g/mol. The van der Waals surface area contributed by atoms with Crippen LogP contribution in [-0.2, 0) is 16.7 Å². The van der Waals surface area contributed by atoms with Crippen LogP contribution in [0.3, 0.4) is 0 Å². The van der Waals surface area contributed by atoms with Gasteiger partial charge in [0.2, 0.25) is 0 Å². The Bertz CT molecular complexity index is 950. The second-order valence-corrected chi connectivity index (χ2v) is 9.44. The van der Waals surface area contributed by atoms with Crippen LogP contribution >= 0.6 is 24.0 Å². The summed E-state index contributed by atoms with van der Waals surface area (Å²) in [4.78, 5) is 19.2. The highest BCUT2D eigenvalue weighted by Crippen LogP contribution is 2.43. The molecule has 1 heterocycles. The highest BCUT2D eigenvalue weighted by molar-refractivity contribution is 14.0.